The smallest absolute Gasteiger partial charge is 0.335 e. The molecular formula is C26H42BNO8Si2. The zero-order chi connectivity index (χ0) is 28.0. The number of hydroxylamine groups is 2. The number of hydrogen-bond donors (Lipinski definition) is 0. The lowest BCUT2D eigenvalue weighted by Crippen LogP contribution is -2.66. The summed E-state index contributed by atoms with van der Waals surface area (Å²) in [5.41, 5.74) is 1.46. The number of rotatable bonds is 8. The molecule has 0 aliphatic carbocycles. The fraction of sp³-hybridized carbons (Fsp3) is 0.692. The van der Waals surface area contributed by atoms with E-state index in [4.69, 9.17) is 27.3 Å². The highest BCUT2D eigenvalue weighted by molar-refractivity contribution is 6.84. The lowest BCUT2D eigenvalue weighted by molar-refractivity contribution is -0.195. The molecule has 4 atom stereocenters. The molecule has 0 saturated carbocycles. The summed E-state index contributed by atoms with van der Waals surface area (Å²) in [6, 6.07) is 6.34. The van der Waals surface area contributed by atoms with Gasteiger partial charge >= 0.3 is 17.1 Å². The van der Waals surface area contributed by atoms with Gasteiger partial charge in [0.1, 0.15) is 26.2 Å². The molecule has 1 aromatic rings. The Morgan fingerprint density at radius 3 is 1.95 bits per heavy atom. The maximum Gasteiger partial charge on any atom is 0.335 e. The van der Waals surface area contributed by atoms with Crippen molar-refractivity contribution in [3.8, 4) is 0 Å². The van der Waals surface area contributed by atoms with E-state index in [-0.39, 0.29) is 41.1 Å². The number of hydrogen-bond acceptors (Lipinski definition) is 8. The van der Waals surface area contributed by atoms with E-state index in [0.717, 1.165) is 5.06 Å². The minimum Gasteiger partial charge on any atom is -0.414 e. The third-order valence-electron chi connectivity index (χ3n) is 8.07. The van der Waals surface area contributed by atoms with Gasteiger partial charge in [0.05, 0.1) is 23.7 Å². The van der Waals surface area contributed by atoms with Crippen LogP contribution in [0, 0.1) is 0 Å². The van der Waals surface area contributed by atoms with Crippen LogP contribution in [-0.4, -0.2) is 79.6 Å². The van der Waals surface area contributed by atoms with Crippen LogP contribution in [0.1, 0.15) is 76.1 Å². The van der Waals surface area contributed by atoms with E-state index in [2.05, 4.69) is 55.4 Å². The molecule has 0 bridgehead atoms. The van der Waals surface area contributed by atoms with Crippen molar-refractivity contribution in [3.05, 3.63) is 35.4 Å². The molecule has 1 aromatic carbocycles. The molecule has 9 nitrogen and oxygen atoms in total. The summed E-state index contributed by atoms with van der Waals surface area (Å²) in [7, 11) is -3.58. The van der Waals surface area contributed by atoms with Gasteiger partial charge < -0.3 is 22.4 Å². The van der Waals surface area contributed by atoms with Gasteiger partial charge in [-0.3, -0.25) is 9.59 Å². The number of nitrogens with zero attached hydrogens (tertiary/aromatic N) is 1. The van der Waals surface area contributed by atoms with Crippen LogP contribution in [0.5, 0.6) is 0 Å². The lowest BCUT2D eigenvalue weighted by atomic mass is 9.93. The molecule has 2 unspecified atom stereocenters. The molecular weight excluding hydrogens is 521 g/mol. The topological polar surface area (TPSA) is 92.8 Å². The zero-order valence-corrected chi connectivity index (χ0v) is 26.1. The molecule has 0 spiro atoms. The predicted molar refractivity (Wildman–Crippen MR) is 149 cm³/mol. The summed E-state index contributed by atoms with van der Waals surface area (Å²) < 4.78 is 33.6. The number of fused-ring (bicyclic) bond motifs is 2. The van der Waals surface area contributed by atoms with Gasteiger partial charge in [-0.15, -0.1) is 5.06 Å². The summed E-state index contributed by atoms with van der Waals surface area (Å²) in [4.78, 5) is 30.9. The van der Waals surface area contributed by atoms with Crippen LogP contribution >= 0.6 is 0 Å². The molecule has 4 rings (SSSR count). The van der Waals surface area contributed by atoms with Crippen molar-refractivity contribution in [1.29, 1.82) is 0 Å². The Labute approximate surface area is 229 Å². The first-order valence-corrected chi connectivity index (χ1v) is 17.7. The Hall–Kier alpha value is -1.38. The van der Waals surface area contributed by atoms with Gasteiger partial charge in [-0.2, -0.15) is 0 Å². The SMILES string of the molecule is B[C@@H]1O[C@@H]2CO[Si](C(C)C)(C(C)C)O[Si](C(C)C)(C(C)C)OC2C1OCON1C(=O)c2ccccc2C1=O. The number of carbonyl (C=O) groups excluding carboxylic acids is 2. The number of imide groups is 1. The standard InChI is InChI=1S/C26H42BNO8Si2/c1-15(2)37(16(3)4)33-13-21-22(35-38(36-37,17(5)6)18(7)8)23(24(27)34-21)31-14-32-28-25(29)19-11-9-10-12-20(19)26(28)30/h9-12,15-18,21-24H,13-14,27H2,1-8H3/t21-,22?,23?,24-/m1/s1. The van der Waals surface area contributed by atoms with Crippen molar-refractivity contribution in [2.45, 2.75) is 102 Å². The highest BCUT2D eigenvalue weighted by Crippen LogP contribution is 2.47. The Morgan fingerprint density at radius 2 is 1.45 bits per heavy atom. The number of benzene rings is 1. The van der Waals surface area contributed by atoms with E-state index in [0.29, 0.717) is 17.7 Å². The molecule has 210 valence electrons. The van der Waals surface area contributed by atoms with E-state index >= 15 is 0 Å². The van der Waals surface area contributed by atoms with Crippen molar-refractivity contribution in [3.63, 3.8) is 0 Å². The van der Waals surface area contributed by atoms with E-state index in [1.165, 1.54) is 0 Å². The second-order valence-corrected chi connectivity index (χ2v) is 20.6. The van der Waals surface area contributed by atoms with Crippen molar-refractivity contribution in [1.82, 2.24) is 5.06 Å². The summed E-state index contributed by atoms with van der Waals surface area (Å²) in [6.07, 6.45) is -1.25. The first kappa shape index (κ1) is 29.6. The third-order valence-corrected chi connectivity index (χ3v) is 18.3. The second kappa shape index (κ2) is 11.2. The average Bonchev–Trinajstić information content (AvgIpc) is 3.26. The first-order valence-electron chi connectivity index (χ1n) is 13.7. The van der Waals surface area contributed by atoms with E-state index in [1.807, 2.05) is 7.85 Å². The molecule has 3 aliphatic heterocycles. The van der Waals surface area contributed by atoms with E-state index in [1.54, 1.807) is 24.3 Å². The maximum atomic E-state index is 12.7. The Morgan fingerprint density at radius 1 is 0.921 bits per heavy atom. The van der Waals surface area contributed by atoms with Crippen LogP contribution in [0.15, 0.2) is 24.3 Å². The van der Waals surface area contributed by atoms with Crippen LogP contribution in [0.2, 0.25) is 22.2 Å². The van der Waals surface area contributed by atoms with Crippen LogP contribution in [0.3, 0.4) is 0 Å². The molecule has 0 N–H and O–H groups in total. The Bertz CT molecular complexity index is 987. The molecule has 3 aliphatic rings. The fourth-order valence-electron chi connectivity index (χ4n) is 6.00. The second-order valence-electron chi connectivity index (χ2n) is 11.8. The van der Waals surface area contributed by atoms with Crippen LogP contribution in [0.25, 0.3) is 0 Å². The lowest BCUT2D eigenvalue weighted by Gasteiger charge is -2.51. The van der Waals surface area contributed by atoms with Gasteiger partial charge in [0.15, 0.2) is 6.79 Å². The number of ether oxygens (including phenoxy) is 2. The van der Waals surface area contributed by atoms with Crippen molar-refractivity contribution < 1.29 is 36.9 Å². The van der Waals surface area contributed by atoms with E-state index in [9.17, 15) is 9.59 Å². The quantitative estimate of drug-likeness (QED) is 0.268. The third kappa shape index (κ3) is 4.98. The molecule has 3 heterocycles. The summed E-state index contributed by atoms with van der Waals surface area (Å²) in [6.45, 7) is 17.5. The van der Waals surface area contributed by atoms with Gasteiger partial charge in [0, 0.05) is 0 Å². The molecule has 38 heavy (non-hydrogen) atoms. The molecule has 2 fully saturated rings. The monoisotopic (exact) mass is 563 g/mol. The minimum atomic E-state index is -2.85. The minimum absolute atomic E-state index is 0.167. The highest BCUT2D eigenvalue weighted by atomic mass is 28.5. The van der Waals surface area contributed by atoms with Gasteiger partial charge in [-0.1, -0.05) is 67.5 Å². The zero-order valence-electron chi connectivity index (χ0n) is 24.1. The van der Waals surface area contributed by atoms with Gasteiger partial charge in [0.25, 0.3) is 11.8 Å². The molecule has 2 saturated heterocycles. The normalized spacial score (nSPS) is 28.8. The summed E-state index contributed by atoms with van der Waals surface area (Å²) in [5, 5.41) is 0.764. The molecule has 0 radical (unpaired) electrons. The van der Waals surface area contributed by atoms with Gasteiger partial charge in [0.2, 0.25) is 0 Å². The Kier molecular flexibility index (Phi) is 8.76. The molecule has 12 heteroatoms. The van der Waals surface area contributed by atoms with Gasteiger partial charge in [-0.25, -0.2) is 4.84 Å². The average molecular weight is 564 g/mol. The van der Waals surface area contributed by atoms with Crippen molar-refractivity contribution in [2.24, 2.45) is 0 Å². The van der Waals surface area contributed by atoms with Crippen molar-refractivity contribution >= 4 is 36.8 Å². The van der Waals surface area contributed by atoms with Crippen molar-refractivity contribution in [2.75, 3.05) is 13.4 Å². The predicted octanol–water partition coefficient (Wildman–Crippen LogP) is 3.87. The van der Waals surface area contributed by atoms with Crippen LogP contribution in [0.4, 0.5) is 0 Å². The first-order chi connectivity index (χ1) is 17.9. The maximum absolute atomic E-state index is 12.7. The fourth-order valence-corrected chi connectivity index (χ4v) is 17.2. The summed E-state index contributed by atoms with van der Waals surface area (Å²) in [5.74, 6) is -0.997. The molecule has 2 amide bonds. The van der Waals surface area contributed by atoms with Crippen LogP contribution < -0.4 is 0 Å². The molecule has 0 aromatic heterocycles. The number of amides is 2. The number of carbonyl (C=O) groups is 2. The van der Waals surface area contributed by atoms with Gasteiger partial charge in [-0.05, 0) is 34.3 Å². The van der Waals surface area contributed by atoms with E-state index < -0.39 is 41.1 Å². The largest absolute Gasteiger partial charge is 0.414 e. The van der Waals surface area contributed by atoms with Crippen LogP contribution in [-0.2, 0) is 27.3 Å². The highest BCUT2D eigenvalue weighted by Gasteiger charge is 2.61. The summed E-state index contributed by atoms with van der Waals surface area (Å²) >= 11 is 0. The Balaban J connectivity index is 1.55.